The quantitative estimate of drug-likeness (QED) is 0.860. The molecule has 124 valence electrons. The van der Waals surface area contributed by atoms with Crippen molar-refractivity contribution in [2.24, 2.45) is 5.92 Å². The van der Waals surface area contributed by atoms with Crippen molar-refractivity contribution < 1.29 is 14.6 Å². The fourth-order valence-corrected chi connectivity index (χ4v) is 2.96. The van der Waals surface area contributed by atoms with Crippen molar-refractivity contribution in [1.29, 1.82) is 0 Å². The molecule has 1 N–H and O–H groups in total. The van der Waals surface area contributed by atoms with Gasteiger partial charge in [-0.3, -0.25) is 4.79 Å². The van der Waals surface area contributed by atoms with Gasteiger partial charge >= 0.3 is 5.97 Å². The average molecular weight is 323 g/mol. The van der Waals surface area contributed by atoms with Crippen LogP contribution in [0.1, 0.15) is 36.9 Å². The molecule has 1 unspecified atom stereocenters. The Hall–Kier alpha value is -2.62. The summed E-state index contributed by atoms with van der Waals surface area (Å²) in [7, 11) is 0. The van der Waals surface area contributed by atoms with Crippen LogP contribution in [0, 0.1) is 5.92 Å². The summed E-state index contributed by atoms with van der Waals surface area (Å²) in [5.41, 5.74) is 3.22. The molecule has 4 nitrogen and oxygen atoms in total. The molecule has 1 aliphatic carbocycles. The van der Waals surface area contributed by atoms with E-state index < -0.39 is 5.97 Å². The zero-order valence-corrected chi connectivity index (χ0v) is 13.5. The summed E-state index contributed by atoms with van der Waals surface area (Å²) in [5.74, 6) is 0.139. The third-order valence-electron chi connectivity index (χ3n) is 4.26. The van der Waals surface area contributed by atoms with Crippen LogP contribution in [0.25, 0.3) is 5.57 Å². The number of ether oxygens (including phenoxy) is 1. The van der Waals surface area contributed by atoms with Crippen molar-refractivity contribution in [2.45, 2.75) is 32.3 Å². The second kappa shape index (κ2) is 7.77. The molecular weight excluding hydrogens is 302 g/mol. The molecule has 0 bridgehead atoms. The molecule has 0 spiro atoms. The van der Waals surface area contributed by atoms with E-state index in [0.717, 1.165) is 30.5 Å². The number of allylic oxidation sites excluding steroid dienone is 2. The van der Waals surface area contributed by atoms with E-state index in [2.05, 4.69) is 11.1 Å². The minimum absolute atomic E-state index is 0.240. The van der Waals surface area contributed by atoms with Gasteiger partial charge in [-0.25, -0.2) is 4.98 Å². The van der Waals surface area contributed by atoms with Crippen LogP contribution in [0.2, 0.25) is 0 Å². The second-order valence-corrected chi connectivity index (χ2v) is 6.10. The van der Waals surface area contributed by atoms with Gasteiger partial charge in [-0.05, 0) is 42.4 Å². The summed E-state index contributed by atoms with van der Waals surface area (Å²) in [6.07, 6.45) is 4.94. The van der Waals surface area contributed by atoms with Crippen molar-refractivity contribution in [3.63, 3.8) is 0 Å². The number of pyridine rings is 1. The van der Waals surface area contributed by atoms with E-state index in [-0.39, 0.29) is 12.3 Å². The first kappa shape index (κ1) is 16.2. The highest BCUT2D eigenvalue weighted by Crippen LogP contribution is 2.31. The summed E-state index contributed by atoms with van der Waals surface area (Å²) in [5, 5.41) is 8.89. The van der Waals surface area contributed by atoms with Crippen molar-refractivity contribution in [3.05, 3.63) is 65.9 Å². The predicted octanol–water partition coefficient (Wildman–Crippen LogP) is 4.32. The lowest BCUT2D eigenvalue weighted by atomic mass is 9.86. The maximum atomic E-state index is 10.8. The van der Waals surface area contributed by atoms with Crippen LogP contribution in [0.4, 0.5) is 0 Å². The van der Waals surface area contributed by atoms with E-state index >= 15 is 0 Å². The highest BCUT2D eigenvalue weighted by Gasteiger charge is 2.18. The Morgan fingerprint density at radius 1 is 1.17 bits per heavy atom. The van der Waals surface area contributed by atoms with Gasteiger partial charge in [0.1, 0.15) is 6.61 Å². The Bertz CT molecular complexity index is 725. The van der Waals surface area contributed by atoms with Crippen LogP contribution in [0.5, 0.6) is 5.88 Å². The van der Waals surface area contributed by atoms with Crippen LogP contribution in [-0.4, -0.2) is 16.1 Å². The molecule has 0 aliphatic heterocycles. The van der Waals surface area contributed by atoms with Crippen LogP contribution < -0.4 is 4.74 Å². The van der Waals surface area contributed by atoms with Gasteiger partial charge in [0.15, 0.2) is 0 Å². The van der Waals surface area contributed by atoms with E-state index in [1.807, 2.05) is 48.5 Å². The average Bonchev–Trinajstić information content (AvgIpc) is 2.61. The molecule has 1 atom stereocenters. The number of carbonyl (C=O) groups is 1. The number of hydrogen-bond acceptors (Lipinski definition) is 3. The molecule has 1 aliphatic rings. The third-order valence-corrected chi connectivity index (χ3v) is 4.26. The Labute approximate surface area is 141 Å². The van der Waals surface area contributed by atoms with Crippen LogP contribution in [0.3, 0.4) is 0 Å². The molecular formula is C20H21NO3. The number of carboxylic acid groups (broad SMARTS) is 1. The summed E-state index contributed by atoms with van der Waals surface area (Å²) < 4.78 is 5.78. The van der Waals surface area contributed by atoms with Gasteiger partial charge in [-0.1, -0.05) is 42.5 Å². The van der Waals surface area contributed by atoms with Crippen molar-refractivity contribution in [3.8, 4) is 5.88 Å². The molecule has 2 aromatic rings. The summed E-state index contributed by atoms with van der Waals surface area (Å²) in [4.78, 5) is 15.4. The maximum absolute atomic E-state index is 10.8. The number of benzene rings is 1. The van der Waals surface area contributed by atoms with E-state index in [1.54, 1.807) is 0 Å². The van der Waals surface area contributed by atoms with E-state index in [0.29, 0.717) is 12.5 Å². The SMILES string of the molecule is O=C(O)CC1CC=C(c2cccc(OCc3ccccc3)n2)CC1. The maximum Gasteiger partial charge on any atom is 0.303 e. The van der Waals surface area contributed by atoms with Gasteiger partial charge in [0, 0.05) is 12.5 Å². The number of carboxylic acids is 1. The number of aromatic nitrogens is 1. The Morgan fingerprint density at radius 3 is 2.71 bits per heavy atom. The lowest BCUT2D eigenvalue weighted by molar-refractivity contribution is -0.138. The van der Waals surface area contributed by atoms with Crippen LogP contribution in [0.15, 0.2) is 54.6 Å². The van der Waals surface area contributed by atoms with Crippen molar-refractivity contribution in [1.82, 2.24) is 4.98 Å². The number of nitrogens with zero attached hydrogens (tertiary/aromatic N) is 1. The van der Waals surface area contributed by atoms with Gasteiger partial charge in [0.05, 0.1) is 5.69 Å². The molecule has 1 aromatic carbocycles. The minimum atomic E-state index is -0.716. The fourth-order valence-electron chi connectivity index (χ4n) is 2.96. The molecule has 24 heavy (non-hydrogen) atoms. The largest absolute Gasteiger partial charge is 0.481 e. The first-order valence-corrected chi connectivity index (χ1v) is 8.25. The van der Waals surface area contributed by atoms with Crippen molar-refractivity contribution >= 4 is 11.5 Å². The number of hydrogen-bond donors (Lipinski definition) is 1. The van der Waals surface area contributed by atoms with Crippen LogP contribution >= 0.6 is 0 Å². The highest BCUT2D eigenvalue weighted by molar-refractivity contribution is 5.68. The normalized spacial score (nSPS) is 17.2. The van der Waals surface area contributed by atoms with Gasteiger partial charge in [-0.15, -0.1) is 0 Å². The Kier molecular flexibility index (Phi) is 5.26. The van der Waals surface area contributed by atoms with Crippen LogP contribution in [-0.2, 0) is 11.4 Å². The van der Waals surface area contributed by atoms with E-state index in [9.17, 15) is 4.79 Å². The second-order valence-electron chi connectivity index (χ2n) is 6.10. The van der Waals surface area contributed by atoms with Gasteiger partial charge in [0.25, 0.3) is 0 Å². The monoisotopic (exact) mass is 323 g/mol. The van der Waals surface area contributed by atoms with E-state index in [4.69, 9.17) is 9.84 Å². The first-order chi connectivity index (χ1) is 11.7. The highest BCUT2D eigenvalue weighted by atomic mass is 16.5. The zero-order chi connectivity index (χ0) is 16.8. The van der Waals surface area contributed by atoms with E-state index in [1.165, 1.54) is 5.57 Å². The fraction of sp³-hybridized carbons (Fsp3) is 0.300. The summed E-state index contributed by atoms with van der Waals surface area (Å²) in [6.45, 7) is 0.497. The summed E-state index contributed by atoms with van der Waals surface area (Å²) >= 11 is 0. The lowest BCUT2D eigenvalue weighted by Gasteiger charge is -2.20. The summed E-state index contributed by atoms with van der Waals surface area (Å²) in [6, 6.07) is 15.8. The van der Waals surface area contributed by atoms with Crippen molar-refractivity contribution in [2.75, 3.05) is 0 Å². The molecule has 0 saturated heterocycles. The molecule has 0 radical (unpaired) electrons. The van der Waals surface area contributed by atoms with Gasteiger partial charge in [-0.2, -0.15) is 0 Å². The molecule has 0 amide bonds. The first-order valence-electron chi connectivity index (χ1n) is 8.25. The topological polar surface area (TPSA) is 59.4 Å². The number of aliphatic carboxylic acids is 1. The van der Waals surface area contributed by atoms with Gasteiger partial charge < -0.3 is 9.84 Å². The lowest BCUT2D eigenvalue weighted by Crippen LogP contribution is -2.11. The zero-order valence-electron chi connectivity index (χ0n) is 13.5. The Balaban J connectivity index is 1.63. The standard InChI is InChI=1S/C20H21NO3/c22-20(23)13-15-9-11-17(12-10-15)18-7-4-8-19(21-18)24-14-16-5-2-1-3-6-16/h1-8,11,15H,9-10,12-14H2,(H,22,23). The molecule has 0 saturated carbocycles. The molecule has 0 fully saturated rings. The van der Waals surface area contributed by atoms with Gasteiger partial charge in [0.2, 0.25) is 5.88 Å². The smallest absolute Gasteiger partial charge is 0.303 e. The molecule has 1 heterocycles. The molecule has 4 heteroatoms. The number of rotatable bonds is 6. The predicted molar refractivity (Wildman–Crippen MR) is 92.6 cm³/mol. The Morgan fingerprint density at radius 2 is 2.00 bits per heavy atom. The molecule has 3 rings (SSSR count). The third kappa shape index (κ3) is 4.44. The minimum Gasteiger partial charge on any atom is -0.481 e. The molecule has 1 aromatic heterocycles.